The summed E-state index contributed by atoms with van der Waals surface area (Å²) in [4.78, 5) is 75.9. The van der Waals surface area contributed by atoms with E-state index in [0.717, 1.165) is 57.8 Å². The second-order valence-electron chi connectivity index (χ2n) is 14.3. The normalized spacial score (nSPS) is 27.4. The zero-order valence-corrected chi connectivity index (χ0v) is 29.5. The molecule has 9 rings (SSSR count). The Balaban J connectivity index is 0.000000140. The first-order valence-corrected chi connectivity index (χ1v) is 18.5. The fourth-order valence-electron chi connectivity index (χ4n) is 8.47. The molecule has 14 heteroatoms. The number of amides is 4. The average molecular weight is 743 g/mol. The minimum atomic E-state index is -1.61. The Morgan fingerprint density at radius 1 is 0.685 bits per heavy atom. The highest BCUT2D eigenvalue weighted by atomic mass is 16.5. The summed E-state index contributed by atoms with van der Waals surface area (Å²) in [6.45, 7) is 0. The van der Waals surface area contributed by atoms with E-state index in [4.69, 9.17) is 18.0 Å². The lowest BCUT2D eigenvalue weighted by atomic mass is 9.73. The zero-order valence-electron chi connectivity index (χ0n) is 29.5. The first-order valence-electron chi connectivity index (χ1n) is 18.5. The van der Waals surface area contributed by atoms with E-state index in [1.54, 1.807) is 30.4 Å². The third kappa shape index (κ3) is 6.85. The van der Waals surface area contributed by atoms with Gasteiger partial charge in [-0.3, -0.25) is 38.6 Å². The molecule has 0 spiro atoms. The Morgan fingerprint density at radius 3 is 1.76 bits per heavy atom. The fourth-order valence-corrected chi connectivity index (χ4v) is 8.47. The van der Waals surface area contributed by atoms with E-state index in [2.05, 4.69) is 0 Å². The van der Waals surface area contributed by atoms with Crippen LogP contribution in [-0.2, 0) is 23.9 Å². The molecule has 4 aliphatic heterocycles. The van der Waals surface area contributed by atoms with Crippen LogP contribution in [0.1, 0.15) is 97.2 Å². The summed E-state index contributed by atoms with van der Waals surface area (Å²) >= 11 is 0. The Morgan fingerprint density at radius 2 is 1.22 bits per heavy atom. The number of aliphatic hydroxyl groups excluding tert-OH is 2. The highest BCUT2D eigenvalue weighted by Gasteiger charge is 2.71. The van der Waals surface area contributed by atoms with Gasteiger partial charge < -0.3 is 28.2 Å². The van der Waals surface area contributed by atoms with Gasteiger partial charge in [0.25, 0.3) is 11.8 Å². The summed E-state index contributed by atoms with van der Waals surface area (Å²) in [5.41, 5.74) is -1.50. The Kier molecular flexibility index (Phi) is 10.8. The van der Waals surface area contributed by atoms with Crippen molar-refractivity contribution in [1.82, 2.24) is 9.80 Å². The monoisotopic (exact) mass is 742 g/mol. The molecule has 6 unspecified atom stereocenters. The predicted molar refractivity (Wildman–Crippen MR) is 186 cm³/mol. The van der Waals surface area contributed by atoms with Crippen molar-refractivity contribution in [3.63, 3.8) is 0 Å². The standard InChI is InChI=1S/C20H21NO6.C10H13NO2.C10H8O4/c22-16(13-7-4-10-26-13)17(23)20-9-8-12(27-20)14-15(20)19(25)21(18(14)24)11-5-2-1-3-6-11;12-9-6-7-10(13)11(9)8-4-2-1-3-5-8;11-9(7-3-1-5-13-7)10(12)8-4-2-6-14-8/h4,7-12,14-15,17,23H,1-3,5-6H2;6-8H,1-5H2;1-6,9,11H. The molecule has 284 valence electrons. The van der Waals surface area contributed by atoms with Crippen LogP contribution in [0.3, 0.4) is 0 Å². The van der Waals surface area contributed by atoms with Crippen molar-refractivity contribution < 1.29 is 57.0 Å². The maximum Gasteiger partial charge on any atom is 0.253 e. The molecule has 14 nitrogen and oxygen atoms in total. The van der Waals surface area contributed by atoms with Gasteiger partial charge in [-0.25, -0.2) is 0 Å². The molecular formula is C40H42N2O12. The molecule has 4 fully saturated rings. The van der Waals surface area contributed by atoms with Crippen LogP contribution in [0.2, 0.25) is 0 Å². The summed E-state index contributed by atoms with van der Waals surface area (Å²) < 4.78 is 20.8. The van der Waals surface area contributed by atoms with E-state index in [0.29, 0.717) is 0 Å². The Bertz CT molecular complexity index is 1880. The molecule has 2 saturated carbocycles. The highest BCUT2D eigenvalue weighted by Crippen LogP contribution is 2.54. The molecule has 2 saturated heterocycles. The molecule has 2 N–H and O–H groups in total. The molecule has 6 atom stereocenters. The van der Waals surface area contributed by atoms with Gasteiger partial charge in [-0.2, -0.15) is 0 Å². The van der Waals surface area contributed by atoms with Gasteiger partial charge in [0.2, 0.25) is 23.4 Å². The van der Waals surface area contributed by atoms with Crippen molar-refractivity contribution in [1.29, 1.82) is 0 Å². The average Bonchev–Trinajstić information content (AvgIpc) is 4.06. The summed E-state index contributed by atoms with van der Waals surface area (Å²) in [6, 6.07) is 9.32. The van der Waals surface area contributed by atoms with Gasteiger partial charge >= 0.3 is 0 Å². The maximum atomic E-state index is 13.3. The van der Waals surface area contributed by atoms with Crippen LogP contribution in [0.5, 0.6) is 0 Å². The molecule has 2 aliphatic carbocycles. The van der Waals surface area contributed by atoms with Crippen LogP contribution in [0, 0.1) is 11.8 Å². The van der Waals surface area contributed by atoms with Crippen molar-refractivity contribution in [2.45, 2.75) is 100 Å². The lowest BCUT2D eigenvalue weighted by Gasteiger charge is -2.34. The van der Waals surface area contributed by atoms with E-state index < -0.39 is 47.3 Å². The Hall–Kier alpha value is -5.18. The van der Waals surface area contributed by atoms with Crippen molar-refractivity contribution in [3.8, 4) is 0 Å². The minimum absolute atomic E-state index is 0.00156. The number of aliphatic hydroxyl groups is 2. The third-order valence-electron chi connectivity index (χ3n) is 11.1. The second kappa shape index (κ2) is 15.7. The zero-order chi connectivity index (χ0) is 38.0. The van der Waals surface area contributed by atoms with Gasteiger partial charge in [0.05, 0.1) is 36.7 Å². The first-order chi connectivity index (χ1) is 26.1. The number of hydrogen-bond acceptors (Lipinski definition) is 12. The van der Waals surface area contributed by atoms with E-state index in [9.17, 15) is 39.0 Å². The van der Waals surface area contributed by atoms with E-state index >= 15 is 0 Å². The van der Waals surface area contributed by atoms with Crippen molar-refractivity contribution >= 4 is 35.2 Å². The molecule has 0 radical (unpaired) electrons. The van der Waals surface area contributed by atoms with Gasteiger partial charge in [-0.1, -0.05) is 50.7 Å². The Labute approximate surface area is 310 Å². The lowest BCUT2D eigenvalue weighted by molar-refractivity contribution is -0.150. The van der Waals surface area contributed by atoms with Crippen molar-refractivity contribution in [2.24, 2.45) is 11.8 Å². The number of nitrogens with zero attached hydrogens (tertiary/aromatic N) is 2. The molecule has 6 aliphatic rings. The number of likely N-dealkylation sites (tertiary alicyclic amines) is 1. The fraction of sp³-hybridized carbons (Fsp3) is 0.450. The molecule has 54 heavy (non-hydrogen) atoms. The number of fused-ring (bicyclic) bond motifs is 5. The maximum absolute atomic E-state index is 13.3. The van der Waals surface area contributed by atoms with Gasteiger partial charge in [-0.15, -0.1) is 0 Å². The number of hydrogen-bond donors (Lipinski definition) is 2. The van der Waals surface area contributed by atoms with Gasteiger partial charge in [0.1, 0.15) is 11.4 Å². The number of imide groups is 2. The third-order valence-corrected chi connectivity index (χ3v) is 11.1. The lowest BCUT2D eigenvalue weighted by Crippen LogP contribution is -2.53. The molecule has 4 amide bonds. The van der Waals surface area contributed by atoms with Gasteiger partial charge in [0, 0.05) is 24.2 Å². The SMILES string of the molecule is O=C(c1ccco1)C(O)C12C=CC(O1)C1C(=O)N(C3CCCCC3)C(=O)C12.O=C(c1ccco1)C(O)c1ccco1.O=C1C=CC(=O)N1C1CCCCC1. The largest absolute Gasteiger partial charge is 0.466 e. The molecule has 0 aromatic carbocycles. The molecule has 3 aromatic heterocycles. The summed E-state index contributed by atoms with van der Waals surface area (Å²) in [7, 11) is 0. The van der Waals surface area contributed by atoms with E-state index in [1.807, 2.05) is 0 Å². The smallest absolute Gasteiger partial charge is 0.253 e. The summed E-state index contributed by atoms with van der Waals surface area (Å²) in [6.07, 6.45) is 16.9. The van der Waals surface area contributed by atoms with Gasteiger partial charge in [-0.05, 0) is 62.1 Å². The topological polar surface area (TPSA) is 198 Å². The van der Waals surface area contributed by atoms with Crippen LogP contribution in [0.25, 0.3) is 0 Å². The van der Waals surface area contributed by atoms with Gasteiger partial charge in [0.15, 0.2) is 23.7 Å². The molecular weight excluding hydrogens is 700 g/mol. The highest BCUT2D eigenvalue weighted by molar-refractivity contribution is 6.13. The van der Waals surface area contributed by atoms with Crippen LogP contribution in [-0.4, -0.2) is 85.1 Å². The summed E-state index contributed by atoms with van der Waals surface area (Å²) in [5.74, 6) is -3.16. The molecule has 3 aromatic rings. The van der Waals surface area contributed by atoms with Crippen LogP contribution >= 0.6 is 0 Å². The van der Waals surface area contributed by atoms with E-state index in [1.165, 1.54) is 65.4 Å². The first kappa shape index (κ1) is 37.1. The van der Waals surface area contributed by atoms with Crippen LogP contribution in [0.4, 0.5) is 0 Å². The number of ether oxygens (including phenoxy) is 1. The molecule has 7 heterocycles. The number of rotatable bonds is 8. The van der Waals surface area contributed by atoms with E-state index in [-0.39, 0.29) is 53.0 Å². The quantitative estimate of drug-likeness (QED) is 0.187. The van der Waals surface area contributed by atoms with Crippen LogP contribution < -0.4 is 0 Å². The predicted octanol–water partition coefficient (Wildman–Crippen LogP) is 4.50. The number of ketones is 2. The summed E-state index contributed by atoms with van der Waals surface area (Å²) in [5, 5.41) is 20.4. The molecule has 2 bridgehead atoms. The number of furan rings is 3. The van der Waals surface area contributed by atoms with Crippen LogP contribution in [0.15, 0.2) is 92.7 Å². The second-order valence-corrected chi connectivity index (χ2v) is 14.3. The van der Waals surface area contributed by atoms with Crippen molar-refractivity contribution in [3.05, 3.63) is 96.8 Å². The number of Topliss-reactive ketones (excluding diaryl/α,β-unsaturated/α-hetero) is 2. The minimum Gasteiger partial charge on any atom is -0.466 e. The van der Waals surface area contributed by atoms with Crippen molar-refractivity contribution in [2.75, 3.05) is 0 Å². The number of carbonyl (C=O) groups excluding carboxylic acids is 6. The number of carbonyl (C=O) groups is 6.